The molecule has 1 saturated heterocycles. The van der Waals surface area contributed by atoms with Crippen molar-refractivity contribution < 1.29 is 19.7 Å². The summed E-state index contributed by atoms with van der Waals surface area (Å²) in [5.41, 5.74) is 0.659. The average Bonchev–Trinajstić information content (AvgIpc) is 2.80. The summed E-state index contributed by atoms with van der Waals surface area (Å²) in [4.78, 5) is 12.9. The van der Waals surface area contributed by atoms with E-state index in [-0.39, 0.29) is 18.2 Å². The molecule has 1 aromatic rings. The molecule has 0 saturated carbocycles. The van der Waals surface area contributed by atoms with Crippen molar-refractivity contribution in [1.29, 1.82) is 0 Å². The van der Waals surface area contributed by atoms with Crippen LogP contribution in [0.25, 0.3) is 0 Å². The highest BCUT2D eigenvalue weighted by molar-refractivity contribution is 6.30. The third-order valence-electron chi connectivity index (χ3n) is 3.62. The number of carboxylic acids is 1. The Labute approximate surface area is 122 Å². The Morgan fingerprint density at radius 3 is 2.95 bits per heavy atom. The fourth-order valence-electron chi connectivity index (χ4n) is 2.66. The van der Waals surface area contributed by atoms with Gasteiger partial charge in [0.15, 0.2) is 11.5 Å². The van der Waals surface area contributed by atoms with Crippen molar-refractivity contribution in [3.05, 3.63) is 22.7 Å². The number of aliphatic carboxylic acids is 1. The fourth-order valence-corrected chi connectivity index (χ4v) is 2.89. The number of benzene rings is 1. The van der Waals surface area contributed by atoms with E-state index in [9.17, 15) is 9.90 Å². The van der Waals surface area contributed by atoms with Gasteiger partial charge in [-0.2, -0.15) is 0 Å². The van der Waals surface area contributed by atoms with E-state index in [4.69, 9.17) is 21.4 Å². The lowest BCUT2D eigenvalue weighted by Gasteiger charge is -2.24. The maximum atomic E-state index is 10.9. The summed E-state index contributed by atoms with van der Waals surface area (Å²) in [7, 11) is 1.47. The minimum absolute atomic E-state index is 0.0110. The van der Waals surface area contributed by atoms with Crippen molar-refractivity contribution in [2.24, 2.45) is 0 Å². The van der Waals surface area contributed by atoms with E-state index in [0.717, 1.165) is 19.4 Å². The molecular formula is C14H18ClNO4. The molecule has 0 radical (unpaired) electrons. The summed E-state index contributed by atoms with van der Waals surface area (Å²) in [6.45, 7) is 1.30. The molecule has 110 valence electrons. The van der Waals surface area contributed by atoms with E-state index < -0.39 is 5.97 Å². The smallest absolute Gasteiger partial charge is 0.304 e. The molecule has 1 aliphatic heterocycles. The summed E-state index contributed by atoms with van der Waals surface area (Å²) in [5.74, 6) is -0.394. The van der Waals surface area contributed by atoms with Crippen molar-refractivity contribution in [2.75, 3.05) is 13.7 Å². The molecule has 1 atom stereocenters. The van der Waals surface area contributed by atoms with Gasteiger partial charge >= 0.3 is 5.97 Å². The van der Waals surface area contributed by atoms with Gasteiger partial charge in [-0.3, -0.25) is 9.69 Å². The van der Waals surface area contributed by atoms with Crippen molar-refractivity contribution in [2.45, 2.75) is 31.8 Å². The van der Waals surface area contributed by atoms with Gasteiger partial charge in [-0.05, 0) is 25.5 Å². The molecule has 6 heteroatoms. The standard InChI is InChI=1S/C14H18ClNO4/c1-20-12-6-10(15)5-9(14(12)19)8-16-4-2-3-11(16)7-13(17)18/h5-6,11,19H,2-4,7-8H2,1H3,(H,17,18). The van der Waals surface area contributed by atoms with E-state index in [1.54, 1.807) is 12.1 Å². The van der Waals surface area contributed by atoms with Gasteiger partial charge in [-0.25, -0.2) is 0 Å². The highest BCUT2D eigenvalue weighted by Gasteiger charge is 2.27. The van der Waals surface area contributed by atoms with Crippen LogP contribution in [-0.4, -0.2) is 40.8 Å². The van der Waals surface area contributed by atoms with Gasteiger partial charge in [0.05, 0.1) is 13.5 Å². The van der Waals surface area contributed by atoms with E-state index >= 15 is 0 Å². The Morgan fingerprint density at radius 1 is 1.55 bits per heavy atom. The maximum Gasteiger partial charge on any atom is 0.304 e. The number of nitrogens with zero attached hydrogens (tertiary/aromatic N) is 1. The number of rotatable bonds is 5. The zero-order valence-corrected chi connectivity index (χ0v) is 12.1. The van der Waals surface area contributed by atoms with Crippen molar-refractivity contribution in [1.82, 2.24) is 4.90 Å². The molecule has 1 unspecified atom stereocenters. The van der Waals surface area contributed by atoms with Crippen LogP contribution in [0.4, 0.5) is 0 Å². The Kier molecular flexibility index (Phi) is 4.73. The third-order valence-corrected chi connectivity index (χ3v) is 3.84. The molecule has 0 aromatic heterocycles. The highest BCUT2D eigenvalue weighted by atomic mass is 35.5. The lowest BCUT2D eigenvalue weighted by atomic mass is 10.1. The molecule has 0 aliphatic carbocycles. The molecule has 1 heterocycles. The molecule has 1 fully saturated rings. The van der Waals surface area contributed by atoms with Gasteiger partial charge in [-0.1, -0.05) is 11.6 Å². The third kappa shape index (κ3) is 3.35. The fraction of sp³-hybridized carbons (Fsp3) is 0.500. The van der Waals surface area contributed by atoms with Crippen molar-refractivity contribution in [3.8, 4) is 11.5 Å². The van der Waals surface area contributed by atoms with Crippen LogP contribution in [0.2, 0.25) is 5.02 Å². The summed E-state index contributed by atoms with van der Waals surface area (Å²) in [6, 6.07) is 3.26. The number of carbonyl (C=O) groups is 1. The number of methoxy groups -OCH3 is 1. The SMILES string of the molecule is COc1cc(Cl)cc(CN2CCCC2CC(=O)O)c1O. The van der Waals surface area contributed by atoms with Crippen LogP contribution in [-0.2, 0) is 11.3 Å². The van der Waals surface area contributed by atoms with Gasteiger partial charge in [0, 0.05) is 29.2 Å². The Hall–Kier alpha value is -1.46. The average molecular weight is 300 g/mol. The topological polar surface area (TPSA) is 70.0 Å². The number of ether oxygens (including phenoxy) is 1. The minimum atomic E-state index is -0.796. The van der Waals surface area contributed by atoms with Crippen LogP contribution >= 0.6 is 11.6 Å². The second-order valence-corrected chi connectivity index (χ2v) is 5.42. The number of aromatic hydroxyl groups is 1. The van der Waals surface area contributed by atoms with Crippen LogP contribution in [0.1, 0.15) is 24.8 Å². The zero-order chi connectivity index (χ0) is 14.7. The molecule has 20 heavy (non-hydrogen) atoms. The lowest BCUT2D eigenvalue weighted by molar-refractivity contribution is -0.138. The first-order chi connectivity index (χ1) is 9.51. The molecule has 0 bridgehead atoms. The van der Waals surface area contributed by atoms with Crippen LogP contribution in [0.5, 0.6) is 11.5 Å². The second kappa shape index (κ2) is 6.33. The number of likely N-dealkylation sites (tertiary alicyclic amines) is 1. The molecule has 5 nitrogen and oxygen atoms in total. The minimum Gasteiger partial charge on any atom is -0.504 e. The Morgan fingerprint density at radius 2 is 2.30 bits per heavy atom. The number of carboxylic acid groups (broad SMARTS) is 1. The molecule has 0 amide bonds. The van der Waals surface area contributed by atoms with E-state index in [0.29, 0.717) is 22.9 Å². The molecule has 2 rings (SSSR count). The first kappa shape index (κ1) is 14.9. The van der Waals surface area contributed by atoms with Gasteiger partial charge < -0.3 is 14.9 Å². The first-order valence-corrected chi connectivity index (χ1v) is 6.90. The largest absolute Gasteiger partial charge is 0.504 e. The summed E-state index contributed by atoms with van der Waals surface area (Å²) < 4.78 is 5.08. The van der Waals surface area contributed by atoms with Crippen LogP contribution in [0, 0.1) is 0 Å². The normalized spacial score (nSPS) is 19.2. The molecule has 1 aromatic carbocycles. The van der Waals surface area contributed by atoms with Crippen LogP contribution in [0.3, 0.4) is 0 Å². The molecule has 0 spiro atoms. The predicted molar refractivity (Wildman–Crippen MR) is 75.4 cm³/mol. The number of hydrogen-bond donors (Lipinski definition) is 2. The molecular weight excluding hydrogens is 282 g/mol. The summed E-state index contributed by atoms with van der Waals surface area (Å²) in [5, 5.41) is 19.5. The van der Waals surface area contributed by atoms with Crippen molar-refractivity contribution >= 4 is 17.6 Å². The van der Waals surface area contributed by atoms with E-state index in [1.165, 1.54) is 7.11 Å². The first-order valence-electron chi connectivity index (χ1n) is 6.52. The summed E-state index contributed by atoms with van der Waals surface area (Å²) in [6.07, 6.45) is 1.96. The quantitative estimate of drug-likeness (QED) is 0.874. The Bertz CT molecular complexity index is 506. The second-order valence-electron chi connectivity index (χ2n) is 4.98. The maximum absolute atomic E-state index is 10.9. The van der Waals surface area contributed by atoms with Crippen molar-refractivity contribution in [3.63, 3.8) is 0 Å². The van der Waals surface area contributed by atoms with Gasteiger partial charge in [-0.15, -0.1) is 0 Å². The zero-order valence-electron chi connectivity index (χ0n) is 11.3. The summed E-state index contributed by atoms with van der Waals surface area (Å²) >= 11 is 6.00. The lowest BCUT2D eigenvalue weighted by Crippen LogP contribution is -2.30. The van der Waals surface area contributed by atoms with Crippen LogP contribution < -0.4 is 4.74 Å². The van der Waals surface area contributed by atoms with Gasteiger partial charge in [0.2, 0.25) is 0 Å². The molecule has 1 aliphatic rings. The molecule has 2 N–H and O–H groups in total. The number of phenols is 1. The number of halogens is 1. The van der Waals surface area contributed by atoms with Gasteiger partial charge in [0.1, 0.15) is 0 Å². The van der Waals surface area contributed by atoms with E-state index in [1.807, 2.05) is 0 Å². The highest BCUT2D eigenvalue weighted by Crippen LogP contribution is 2.35. The number of hydrogen-bond acceptors (Lipinski definition) is 4. The van der Waals surface area contributed by atoms with Gasteiger partial charge in [0.25, 0.3) is 0 Å². The van der Waals surface area contributed by atoms with Crippen LogP contribution in [0.15, 0.2) is 12.1 Å². The Balaban J connectivity index is 2.17. The predicted octanol–water partition coefficient (Wildman–Crippen LogP) is 2.49. The number of phenolic OH excluding ortho intramolecular Hbond substituents is 1. The monoisotopic (exact) mass is 299 g/mol. The van der Waals surface area contributed by atoms with E-state index in [2.05, 4.69) is 4.90 Å².